The lowest BCUT2D eigenvalue weighted by atomic mass is 10.2. The van der Waals surface area contributed by atoms with Gasteiger partial charge in [0.2, 0.25) is 0 Å². The Morgan fingerprint density at radius 1 is 1.14 bits per heavy atom. The van der Waals surface area contributed by atoms with Gasteiger partial charge in [0, 0.05) is 28.9 Å². The molecule has 3 rings (SSSR count). The normalized spacial score (nSPS) is 11.1. The predicted molar refractivity (Wildman–Crippen MR) is 83.3 cm³/mol. The molecule has 0 amide bonds. The van der Waals surface area contributed by atoms with Gasteiger partial charge in [0.25, 0.3) is 0 Å². The first kappa shape index (κ1) is 13.1. The molecule has 0 unspecified atom stereocenters. The van der Waals surface area contributed by atoms with Crippen LogP contribution in [-0.2, 0) is 4.74 Å². The van der Waals surface area contributed by atoms with Crippen LogP contribution < -0.4 is 0 Å². The number of hydrogen-bond acceptors (Lipinski definition) is 3. The lowest BCUT2D eigenvalue weighted by molar-refractivity contribution is 0.0601. The number of para-hydroxylation sites is 1. The molecule has 0 aliphatic rings. The number of aromatic amines is 1. The van der Waals surface area contributed by atoms with E-state index in [1.807, 2.05) is 36.7 Å². The van der Waals surface area contributed by atoms with Crippen molar-refractivity contribution in [3.05, 3.63) is 65.9 Å². The van der Waals surface area contributed by atoms with Gasteiger partial charge in [-0.2, -0.15) is 0 Å². The molecule has 0 saturated heterocycles. The lowest BCUT2D eigenvalue weighted by Crippen LogP contribution is -1.99. The second-order valence-corrected chi connectivity index (χ2v) is 4.59. The molecule has 2 aromatic carbocycles. The first-order chi connectivity index (χ1) is 10.3. The maximum absolute atomic E-state index is 11.4. The lowest BCUT2D eigenvalue weighted by Gasteiger charge is -1.99. The smallest absolute Gasteiger partial charge is 0.337 e. The Labute approximate surface area is 122 Å². The van der Waals surface area contributed by atoms with Crippen molar-refractivity contribution >= 4 is 28.8 Å². The fourth-order valence-corrected chi connectivity index (χ4v) is 2.15. The highest BCUT2D eigenvalue weighted by atomic mass is 16.5. The SMILES string of the molecule is COC(=O)c1ccc(N=Cc2c[nH]c3ccccc23)cc1. The highest BCUT2D eigenvalue weighted by Crippen LogP contribution is 2.18. The largest absolute Gasteiger partial charge is 0.465 e. The number of hydrogen-bond donors (Lipinski definition) is 1. The van der Waals surface area contributed by atoms with Crippen LogP contribution in [0.3, 0.4) is 0 Å². The minimum Gasteiger partial charge on any atom is -0.465 e. The fraction of sp³-hybridized carbons (Fsp3) is 0.0588. The standard InChI is InChI=1S/C17H14N2O2/c1-21-17(20)12-6-8-14(9-7-12)18-10-13-11-19-16-5-3-2-4-15(13)16/h2-11,19H,1H3. The Kier molecular flexibility index (Phi) is 3.51. The minimum atomic E-state index is -0.345. The number of methoxy groups -OCH3 is 1. The van der Waals surface area contributed by atoms with E-state index in [0.717, 1.165) is 22.2 Å². The van der Waals surface area contributed by atoms with Crippen LogP contribution in [-0.4, -0.2) is 24.3 Å². The van der Waals surface area contributed by atoms with E-state index in [-0.39, 0.29) is 5.97 Å². The van der Waals surface area contributed by atoms with Gasteiger partial charge in [-0.3, -0.25) is 4.99 Å². The zero-order chi connectivity index (χ0) is 14.7. The van der Waals surface area contributed by atoms with Crippen molar-refractivity contribution in [2.24, 2.45) is 4.99 Å². The van der Waals surface area contributed by atoms with E-state index in [4.69, 9.17) is 0 Å². The van der Waals surface area contributed by atoms with Crippen molar-refractivity contribution in [2.45, 2.75) is 0 Å². The first-order valence-electron chi connectivity index (χ1n) is 6.56. The summed E-state index contributed by atoms with van der Waals surface area (Å²) < 4.78 is 4.66. The van der Waals surface area contributed by atoms with Gasteiger partial charge in [-0.15, -0.1) is 0 Å². The maximum Gasteiger partial charge on any atom is 0.337 e. The van der Waals surface area contributed by atoms with Crippen LogP contribution in [0.5, 0.6) is 0 Å². The molecular weight excluding hydrogens is 264 g/mol. The molecule has 1 heterocycles. The third-order valence-electron chi connectivity index (χ3n) is 3.26. The number of fused-ring (bicyclic) bond motifs is 1. The zero-order valence-corrected chi connectivity index (χ0v) is 11.5. The van der Waals surface area contributed by atoms with Gasteiger partial charge in [0.05, 0.1) is 18.4 Å². The number of esters is 1. The Hall–Kier alpha value is -2.88. The molecule has 0 spiro atoms. The molecule has 1 aromatic heterocycles. The number of ether oxygens (including phenoxy) is 1. The van der Waals surface area contributed by atoms with E-state index < -0.39 is 0 Å². The van der Waals surface area contributed by atoms with Crippen LogP contribution in [0.1, 0.15) is 15.9 Å². The summed E-state index contributed by atoms with van der Waals surface area (Å²) in [6.45, 7) is 0. The number of carbonyl (C=O) groups is 1. The second kappa shape index (κ2) is 5.63. The molecule has 0 bridgehead atoms. The number of H-pyrrole nitrogens is 1. The summed E-state index contributed by atoms with van der Waals surface area (Å²) in [5, 5.41) is 1.13. The molecule has 1 N–H and O–H groups in total. The van der Waals surface area contributed by atoms with Gasteiger partial charge >= 0.3 is 5.97 Å². The van der Waals surface area contributed by atoms with Gasteiger partial charge in [-0.1, -0.05) is 18.2 Å². The van der Waals surface area contributed by atoms with E-state index in [0.29, 0.717) is 5.56 Å². The van der Waals surface area contributed by atoms with Crippen LogP contribution in [0.15, 0.2) is 59.7 Å². The molecule has 4 nitrogen and oxygen atoms in total. The van der Waals surface area contributed by atoms with Crippen molar-refractivity contribution in [1.29, 1.82) is 0 Å². The van der Waals surface area contributed by atoms with Gasteiger partial charge < -0.3 is 9.72 Å². The van der Waals surface area contributed by atoms with Crippen LogP contribution >= 0.6 is 0 Å². The number of aliphatic imine (C=N–C) groups is 1. The summed E-state index contributed by atoms with van der Waals surface area (Å²) >= 11 is 0. The summed E-state index contributed by atoms with van der Waals surface area (Å²) in [6.07, 6.45) is 3.74. The van der Waals surface area contributed by atoms with Gasteiger partial charge in [-0.05, 0) is 30.3 Å². The minimum absolute atomic E-state index is 0.345. The van der Waals surface area contributed by atoms with Gasteiger partial charge in [0.1, 0.15) is 0 Å². The molecule has 104 valence electrons. The Morgan fingerprint density at radius 2 is 1.90 bits per heavy atom. The van der Waals surface area contributed by atoms with Crippen LogP contribution in [0.2, 0.25) is 0 Å². The molecule has 0 radical (unpaired) electrons. The van der Waals surface area contributed by atoms with E-state index in [9.17, 15) is 4.79 Å². The predicted octanol–water partition coefficient (Wildman–Crippen LogP) is 3.71. The summed E-state index contributed by atoms with van der Waals surface area (Å²) in [5.74, 6) is -0.345. The number of benzene rings is 2. The average molecular weight is 278 g/mol. The van der Waals surface area contributed by atoms with Crippen LogP contribution in [0.25, 0.3) is 10.9 Å². The Morgan fingerprint density at radius 3 is 2.67 bits per heavy atom. The number of nitrogens with zero attached hydrogens (tertiary/aromatic N) is 1. The molecule has 0 atom stereocenters. The maximum atomic E-state index is 11.4. The molecule has 0 aliphatic heterocycles. The van der Waals surface area contributed by atoms with Crippen molar-refractivity contribution in [2.75, 3.05) is 7.11 Å². The molecule has 4 heteroatoms. The highest BCUT2D eigenvalue weighted by Gasteiger charge is 2.04. The number of rotatable bonds is 3. The van der Waals surface area contributed by atoms with Crippen molar-refractivity contribution in [3.63, 3.8) is 0 Å². The summed E-state index contributed by atoms with van der Waals surface area (Å²) in [4.78, 5) is 19.0. The van der Waals surface area contributed by atoms with Crippen molar-refractivity contribution in [3.8, 4) is 0 Å². The number of nitrogens with one attached hydrogen (secondary N) is 1. The first-order valence-corrected chi connectivity index (χ1v) is 6.56. The molecule has 21 heavy (non-hydrogen) atoms. The number of aromatic nitrogens is 1. The number of carbonyl (C=O) groups excluding carboxylic acids is 1. The monoisotopic (exact) mass is 278 g/mol. The highest BCUT2D eigenvalue weighted by molar-refractivity contribution is 5.99. The van der Waals surface area contributed by atoms with Crippen LogP contribution in [0, 0.1) is 0 Å². The Balaban J connectivity index is 1.84. The topological polar surface area (TPSA) is 54.4 Å². The molecular formula is C17H14N2O2. The van der Waals surface area contributed by atoms with Crippen LogP contribution in [0.4, 0.5) is 5.69 Å². The molecule has 0 aliphatic carbocycles. The third-order valence-corrected chi connectivity index (χ3v) is 3.26. The molecule has 3 aromatic rings. The van der Waals surface area contributed by atoms with Crippen molar-refractivity contribution < 1.29 is 9.53 Å². The average Bonchev–Trinajstić information content (AvgIpc) is 2.96. The summed E-state index contributed by atoms with van der Waals surface area (Å²) in [5.41, 5.74) is 3.42. The van der Waals surface area contributed by atoms with Gasteiger partial charge in [-0.25, -0.2) is 4.79 Å². The quantitative estimate of drug-likeness (QED) is 0.586. The van der Waals surface area contributed by atoms with Crippen molar-refractivity contribution in [1.82, 2.24) is 4.98 Å². The summed E-state index contributed by atoms with van der Waals surface area (Å²) in [7, 11) is 1.37. The Bertz CT molecular complexity index is 801. The molecule has 0 fully saturated rings. The van der Waals surface area contributed by atoms with E-state index in [2.05, 4.69) is 14.7 Å². The van der Waals surface area contributed by atoms with E-state index >= 15 is 0 Å². The van der Waals surface area contributed by atoms with Gasteiger partial charge in [0.15, 0.2) is 0 Å². The third kappa shape index (κ3) is 2.69. The van der Waals surface area contributed by atoms with E-state index in [1.54, 1.807) is 24.3 Å². The second-order valence-electron chi connectivity index (χ2n) is 4.59. The fourth-order valence-electron chi connectivity index (χ4n) is 2.15. The summed E-state index contributed by atoms with van der Waals surface area (Å²) in [6, 6.07) is 15.0. The zero-order valence-electron chi connectivity index (χ0n) is 11.5. The molecule has 0 saturated carbocycles. The van der Waals surface area contributed by atoms with E-state index in [1.165, 1.54) is 7.11 Å².